The minimum absolute atomic E-state index is 0.195. The molecule has 0 amide bonds. The molecule has 0 bridgehead atoms. The maximum absolute atomic E-state index is 12.4. The molecule has 0 radical (unpaired) electrons. The van der Waals surface area contributed by atoms with Gasteiger partial charge in [0.25, 0.3) is 0 Å². The Morgan fingerprint density at radius 2 is 2.10 bits per heavy atom. The Morgan fingerprint density at radius 3 is 2.71 bits per heavy atom. The van der Waals surface area contributed by atoms with E-state index in [-0.39, 0.29) is 23.9 Å². The molecule has 1 aliphatic rings. The number of benzene rings is 1. The number of halogens is 3. The number of aliphatic imine (C=N–C) groups is 2. The highest BCUT2D eigenvalue weighted by Gasteiger charge is 2.48. The molecule has 0 N–H and O–H groups in total. The average molecular weight is 482 g/mol. The van der Waals surface area contributed by atoms with E-state index in [0.29, 0.717) is 10.0 Å². The van der Waals surface area contributed by atoms with Gasteiger partial charge in [-0.25, -0.2) is 4.99 Å². The fourth-order valence-electron chi connectivity index (χ4n) is 1.89. The summed E-state index contributed by atoms with van der Waals surface area (Å²) in [5.74, 6) is -0.396. The number of nitro groups is 1. The molecule has 0 saturated heterocycles. The highest BCUT2D eigenvalue weighted by Crippen LogP contribution is 2.34. The van der Waals surface area contributed by atoms with Gasteiger partial charge in [0.05, 0.1) is 6.42 Å². The van der Waals surface area contributed by atoms with E-state index in [1.165, 1.54) is 0 Å². The maximum atomic E-state index is 12.4. The number of hydrogen-bond donors (Lipinski definition) is 0. The second-order valence-corrected chi connectivity index (χ2v) is 7.42. The van der Waals surface area contributed by atoms with Crippen molar-refractivity contribution in [2.24, 2.45) is 9.98 Å². The van der Waals surface area contributed by atoms with Gasteiger partial charge in [-0.05, 0) is 44.0 Å². The normalized spacial score (nSPS) is 21.0. The molecule has 9 heteroatoms. The zero-order chi connectivity index (χ0) is 15.8. The lowest BCUT2D eigenvalue weighted by Crippen LogP contribution is -2.35. The molecule has 0 aromatic heterocycles. The SMILES string of the molecule is CC1=NC(Br)(CC(=O)c2cc(Br)ccc2Br)C([N+](=O)[O-])=N1. The van der Waals surface area contributed by atoms with Crippen molar-refractivity contribution in [2.45, 2.75) is 17.8 Å². The van der Waals surface area contributed by atoms with Gasteiger partial charge < -0.3 is 10.1 Å². The van der Waals surface area contributed by atoms with E-state index in [9.17, 15) is 14.9 Å². The molecular weight excluding hydrogens is 474 g/mol. The zero-order valence-corrected chi connectivity index (χ0v) is 15.4. The Bertz CT molecular complexity index is 702. The minimum Gasteiger partial charge on any atom is -0.358 e. The lowest BCUT2D eigenvalue weighted by Gasteiger charge is -2.15. The summed E-state index contributed by atoms with van der Waals surface area (Å²) < 4.78 is -0.0589. The van der Waals surface area contributed by atoms with E-state index in [2.05, 4.69) is 57.8 Å². The maximum Gasteiger partial charge on any atom is 0.380 e. The van der Waals surface area contributed by atoms with Gasteiger partial charge in [0, 0.05) is 21.4 Å². The summed E-state index contributed by atoms with van der Waals surface area (Å²) in [6, 6.07) is 5.16. The molecule has 0 aliphatic carbocycles. The molecule has 1 unspecified atom stereocenters. The first-order valence-corrected chi connectivity index (χ1v) is 8.08. The lowest BCUT2D eigenvalue weighted by molar-refractivity contribution is -0.354. The standard InChI is InChI=1S/C12H8Br3N3O3/c1-6-16-11(18(20)21)12(15,17-6)5-10(19)8-4-7(13)2-3-9(8)14/h2-4H,5H2,1H3. The van der Waals surface area contributed by atoms with E-state index >= 15 is 0 Å². The van der Waals surface area contributed by atoms with Crippen LogP contribution in [0, 0.1) is 10.1 Å². The van der Waals surface area contributed by atoms with E-state index in [1.807, 2.05) is 0 Å². The Morgan fingerprint density at radius 1 is 1.43 bits per heavy atom. The summed E-state index contributed by atoms with van der Waals surface area (Å²) in [6.45, 7) is 1.55. The van der Waals surface area contributed by atoms with Crippen LogP contribution in [0.4, 0.5) is 0 Å². The van der Waals surface area contributed by atoms with Crippen molar-refractivity contribution in [1.29, 1.82) is 0 Å². The van der Waals surface area contributed by atoms with Gasteiger partial charge in [0.2, 0.25) is 10.3 Å². The number of rotatable bonds is 3. The molecule has 1 aromatic rings. The molecule has 1 aromatic carbocycles. The monoisotopic (exact) mass is 479 g/mol. The van der Waals surface area contributed by atoms with E-state index in [0.717, 1.165) is 4.47 Å². The Balaban J connectivity index is 2.33. The molecule has 0 saturated carbocycles. The molecule has 1 atom stereocenters. The molecule has 2 rings (SSSR count). The minimum atomic E-state index is -1.42. The van der Waals surface area contributed by atoms with Gasteiger partial charge in [0.15, 0.2) is 5.78 Å². The third-order valence-electron chi connectivity index (χ3n) is 2.75. The third kappa shape index (κ3) is 3.46. The number of ketones is 1. The fraction of sp³-hybridized carbons (Fsp3) is 0.250. The van der Waals surface area contributed by atoms with Crippen molar-refractivity contribution in [3.8, 4) is 0 Å². The highest BCUT2D eigenvalue weighted by atomic mass is 79.9. The molecule has 21 heavy (non-hydrogen) atoms. The molecule has 0 fully saturated rings. The highest BCUT2D eigenvalue weighted by molar-refractivity contribution is 9.11. The smallest absolute Gasteiger partial charge is 0.358 e. The van der Waals surface area contributed by atoms with Crippen LogP contribution in [0.1, 0.15) is 23.7 Å². The fourth-order valence-corrected chi connectivity index (χ4v) is 3.46. The first kappa shape index (κ1) is 16.4. The van der Waals surface area contributed by atoms with Crippen LogP contribution in [0.2, 0.25) is 0 Å². The largest absolute Gasteiger partial charge is 0.380 e. The summed E-state index contributed by atoms with van der Waals surface area (Å²) in [5, 5.41) is 11.0. The number of Topliss-reactive ketones (excluding diaryl/α,β-unsaturated/α-hetero) is 1. The van der Waals surface area contributed by atoms with Gasteiger partial charge in [-0.15, -0.1) is 0 Å². The Kier molecular flexibility index (Phi) is 4.74. The summed E-state index contributed by atoms with van der Waals surface area (Å²) >= 11 is 9.77. The summed E-state index contributed by atoms with van der Waals surface area (Å²) in [6.07, 6.45) is -0.195. The topological polar surface area (TPSA) is 84.9 Å². The quantitative estimate of drug-likeness (QED) is 0.215. The van der Waals surface area contributed by atoms with Crippen LogP contribution in [0.15, 0.2) is 37.1 Å². The molecule has 6 nitrogen and oxygen atoms in total. The Hall–Kier alpha value is -0.930. The molecule has 1 heterocycles. The van der Waals surface area contributed by atoms with Crippen molar-refractivity contribution in [3.63, 3.8) is 0 Å². The van der Waals surface area contributed by atoms with Gasteiger partial charge in [-0.2, -0.15) is 0 Å². The number of carbonyl (C=O) groups excluding carboxylic acids is 1. The predicted molar refractivity (Wildman–Crippen MR) is 90.0 cm³/mol. The average Bonchev–Trinajstić information content (AvgIpc) is 2.67. The van der Waals surface area contributed by atoms with E-state index < -0.39 is 9.37 Å². The molecule has 110 valence electrons. The van der Waals surface area contributed by atoms with Crippen molar-refractivity contribution < 1.29 is 9.72 Å². The van der Waals surface area contributed by atoms with Crippen molar-refractivity contribution in [3.05, 3.63) is 42.8 Å². The summed E-state index contributed by atoms with van der Waals surface area (Å²) in [4.78, 5) is 30.7. The second-order valence-electron chi connectivity index (χ2n) is 4.33. The van der Waals surface area contributed by atoms with Gasteiger partial charge >= 0.3 is 5.84 Å². The van der Waals surface area contributed by atoms with E-state index in [4.69, 9.17) is 0 Å². The van der Waals surface area contributed by atoms with Crippen LogP contribution < -0.4 is 0 Å². The predicted octanol–water partition coefficient (Wildman–Crippen LogP) is 3.98. The summed E-state index contributed by atoms with van der Waals surface area (Å²) in [5.41, 5.74) is 0.422. The summed E-state index contributed by atoms with van der Waals surface area (Å²) in [7, 11) is 0. The number of carbonyl (C=O) groups is 1. The number of amidine groups is 2. The van der Waals surface area contributed by atoms with Gasteiger partial charge in [-0.3, -0.25) is 4.79 Å². The third-order valence-corrected chi connectivity index (χ3v) is 4.74. The van der Waals surface area contributed by atoms with Crippen LogP contribution in [0.3, 0.4) is 0 Å². The Labute approximate surface area is 145 Å². The van der Waals surface area contributed by atoms with Gasteiger partial charge in [-0.1, -0.05) is 31.9 Å². The van der Waals surface area contributed by atoms with Crippen LogP contribution in [0.5, 0.6) is 0 Å². The van der Waals surface area contributed by atoms with Crippen LogP contribution in [-0.4, -0.2) is 26.8 Å². The van der Waals surface area contributed by atoms with Crippen molar-refractivity contribution in [1.82, 2.24) is 0 Å². The number of nitrogens with zero attached hydrogens (tertiary/aromatic N) is 3. The van der Waals surface area contributed by atoms with Crippen LogP contribution in [0.25, 0.3) is 0 Å². The van der Waals surface area contributed by atoms with Gasteiger partial charge in [0.1, 0.15) is 0 Å². The van der Waals surface area contributed by atoms with E-state index in [1.54, 1.807) is 25.1 Å². The number of alkyl halides is 1. The van der Waals surface area contributed by atoms with Crippen LogP contribution >= 0.6 is 47.8 Å². The lowest BCUT2D eigenvalue weighted by atomic mass is 10.0. The first-order valence-electron chi connectivity index (χ1n) is 5.70. The first-order chi connectivity index (χ1) is 9.73. The second kappa shape index (κ2) is 6.05. The zero-order valence-electron chi connectivity index (χ0n) is 10.6. The molecule has 1 aliphatic heterocycles. The number of hydrogen-bond acceptors (Lipinski definition) is 5. The van der Waals surface area contributed by atoms with Crippen molar-refractivity contribution in [2.75, 3.05) is 0 Å². The van der Waals surface area contributed by atoms with Crippen LogP contribution in [-0.2, 0) is 0 Å². The van der Waals surface area contributed by atoms with Crippen molar-refractivity contribution >= 4 is 65.2 Å². The molecular formula is C12H8Br3N3O3. The molecule has 0 spiro atoms.